The van der Waals surface area contributed by atoms with Crippen LogP contribution in [0.5, 0.6) is 0 Å². The van der Waals surface area contributed by atoms with Crippen LogP contribution in [-0.4, -0.2) is 4.57 Å². The van der Waals surface area contributed by atoms with Gasteiger partial charge in [0.1, 0.15) is 11.2 Å². The van der Waals surface area contributed by atoms with Crippen LogP contribution in [0.15, 0.2) is 302 Å². The molecule has 76 heavy (non-hydrogen) atoms. The predicted octanol–water partition coefficient (Wildman–Crippen LogP) is 20.3. The molecule has 4 heteroatoms. The van der Waals surface area contributed by atoms with Gasteiger partial charge in [-0.05, 0) is 148 Å². The Bertz CT molecular complexity index is 4300. The van der Waals surface area contributed by atoms with Gasteiger partial charge in [0, 0.05) is 66.9 Å². The summed E-state index contributed by atoms with van der Waals surface area (Å²) in [5.41, 5.74) is 21.1. The topological polar surface area (TPSA) is 24.6 Å². The van der Waals surface area contributed by atoms with Crippen molar-refractivity contribution in [1.29, 1.82) is 0 Å². The van der Waals surface area contributed by atoms with E-state index in [4.69, 9.17) is 4.42 Å². The van der Waals surface area contributed by atoms with Crippen LogP contribution in [0.25, 0.3) is 93.9 Å². The fourth-order valence-corrected chi connectivity index (χ4v) is 11.1. The maximum Gasteiger partial charge on any atom is 0.143 e. The van der Waals surface area contributed by atoms with Gasteiger partial charge in [-0.15, -0.1) is 0 Å². The molecule has 4 nitrogen and oxygen atoms in total. The van der Waals surface area contributed by atoms with Crippen LogP contribution in [0.3, 0.4) is 0 Å². The van der Waals surface area contributed by atoms with Crippen molar-refractivity contribution in [3.63, 3.8) is 0 Å². The average Bonchev–Trinajstić information content (AvgIpc) is 4.05. The molecule has 0 aliphatic carbocycles. The van der Waals surface area contributed by atoms with Crippen molar-refractivity contribution in [2.75, 3.05) is 9.80 Å². The summed E-state index contributed by atoms with van der Waals surface area (Å²) in [6.45, 7) is 0. The van der Waals surface area contributed by atoms with E-state index in [0.717, 1.165) is 101 Å². The zero-order valence-electron chi connectivity index (χ0n) is 41.5. The minimum Gasteiger partial charge on any atom is -0.455 e. The largest absolute Gasteiger partial charge is 0.455 e. The number of aromatic nitrogens is 1. The highest BCUT2D eigenvalue weighted by Gasteiger charge is 2.18. The molecule has 2 aromatic heterocycles. The molecule has 0 saturated heterocycles. The van der Waals surface area contributed by atoms with Gasteiger partial charge in [0.2, 0.25) is 0 Å². The molecule has 0 amide bonds. The standard InChI is InChI=1S/C72H49N3O/c1-4-15-57(16-5-1)73(58-17-6-2-7-18-58)60-40-33-52(34-41-60)53-35-44-62(45-36-53)74(61-42-31-51(32-43-61)50-27-29-55(30-28-50)64-23-14-24-67-66-22-11-13-26-71(66)76-72(64)67)63-46-37-54(38-47-63)56-39-48-70-68(49-56)65-21-10-12-25-69(65)75(70)59-19-8-3-9-20-59/h1-49H. The van der Waals surface area contributed by atoms with Gasteiger partial charge >= 0.3 is 0 Å². The Morgan fingerprint density at radius 2 is 0.632 bits per heavy atom. The van der Waals surface area contributed by atoms with Crippen LogP contribution in [-0.2, 0) is 0 Å². The van der Waals surface area contributed by atoms with Crippen molar-refractivity contribution in [3.05, 3.63) is 297 Å². The molecule has 2 heterocycles. The molecule has 0 spiro atoms. The maximum atomic E-state index is 6.40. The first-order valence-electron chi connectivity index (χ1n) is 25.9. The molecule has 0 N–H and O–H groups in total. The van der Waals surface area contributed by atoms with Crippen molar-refractivity contribution in [2.24, 2.45) is 0 Å². The number of furan rings is 1. The first-order chi connectivity index (χ1) is 37.7. The van der Waals surface area contributed by atoms with Gasteiger partial charge in [-0.3, -0.25) is 0 Å². The summed E-state index contributed by atoms with van der Waals surface area (Å²) in [5, 5.41) is 4.75. The second-order valence-electron chi connectivity index (χ2n) is 19.3. The van der Waals surface area contributed by atoms with Crippen LogP contribution < -0.4 is 9.80 Å². The Morgan fingerprint density at radius 1 is 0.250 bits per heavy atom. The molecule has 12 aromatic carbocycles. The fourth-order valence-electron chi connectivity index (χ4n) is 11.1. The summed E-state index contributed by atoms with van der Waals surface area (Å²) < 4.78 is 8.76. The van der Waals surface area contributed by atoms with Crippen molar-refractivity contribution in [1.82, 2.24) is 4.57 Å². The number of rotatable bonds is 11. The van der Waals surface area contributed by atoms with Crippen LogP contribution in [0.4, 0.5) is 34.1 Å². The first-order valence-corrected chi connectivity index (χ1v) is 25.9. The summed E-state index contributed by atoms with van der Waals surface area (Å²) >= 11 is 0. The van der Waals surface area contributed by atoms with E-state index in [1.165, 1.54) is 27.4 Å². The van der Waals surface area contributed by atoms with E-state index in [9.17, 15) is 0 Å². The van der Waals surface area contributed by atoms with Crippen molar-refractivity contribution >= 4 is 77.9 Å². The van der Waals surface area contributed by atoms with Crippen molar-refractivity contribution in [3.8, 4) is 50.2 Å². The Hall–Kier alpha value is -10.2. The number of nitrogens with zero attached hydrogens (tertiary/aromatic N) is 3. The summed E-state index contributed by atoms with van der Waals surface area (Å²) in [6.07, 6.45) is 0. The summed E-state index contributed by atoms with van der Waals surface area (Å²) in [7, 11) is 0. The molecule has 0 radical (unpaired) electrons. The second-order valence-corrected chi connectivity index (χ2v) is 19.3. The Kier molecular flexibility index (Phi) is 11.2. The van der Waals surface area contributed by atoms with E-state index in [1.807, 2.05) is 12.1 Å². The number of para-hydroxylation sites is 6. The lowest BCUT2D eigenvalue weighted by Crippen LogP contribution is -2.10. The number of hydrogen-bond donors (Lipinski definition) is 0. The molecule has 0 fully saturated rings. The third kappa shape index (κ3) is 8.06. The highest BCUT2D eigenvalue weighted by Crippen LogP contribution is 2.42. The number of hydrogen-bond acceptors (Lipinski definition) is 3. The quantitative estimate of drug-likeness (QED) is 0.129. The molecular formula is C72H49N3O. The summed E-state index contributed by atoms with van der Waals surface area (Å²) in [6, 6.07) is 107. The van der Waals surface area contributed by atoms with Crippen molar-refractivity contribution in [2.45, 2.75) is 0 Å². The monoisotopic (exact) mass is 971 g/mol. The maximum absolute atomic E-state index is 6.40. The SMILES string of the molecule is c1ccc(N(c2ccccc2)c2ccc(-c3ccc(N(c4ccc(-c5ccc(-c6cccc7c6oc6ccccc67)cc5)cc4)c4ccc(-c5ccc6c(c5)c5ccccc5n6-c5ccccc5)cc4)cc3)cc2)cc1. The minimum absolute atomic E-state index is 0.907. The van der Waals surface area contributed by atoms with Gasteiger partial charge in [0.05, 0.1) is 11.0 Å². The molecule has 0 saturated carbocycles. The lowest BCUT2D eigenvalue weighted by atomic mass is 9.98. The van der Waals surface area contributed by atoms with Gasteiger partial charge in [-0.2, -0.15) is 0 Å². The molecular weight excluding hydrogens is 923 g/mol. The van der Waals surface area contributed by atoms with E-state index >= 15 is 0 Å². The third-order valence-corrected chi connectivity index (χ3v) is 14.8. The van der Waals surface area contributed by atoms with Crippen LogP contribution in [0, 0.1) is 0 Å². The molecule has 14 aromatic rings. The zero-order chi connectivity index (χ0) is 50.4. The number of fused-ring (bicyclic) bond motifs is 6. The van der Waals surface area contributed by atoms with Gasteiger partial charge in [0.15, 0.2) is 0 Å². The van der Waals surface area contributed by atoms with Gasteiger partial charge in [0.25, 0.3) is 0 Å². The molecule has 0 aliphatic rings. The smallest absolute Gasteiger partial charge is 0.143 e. The van der Waals surface area contributed by atoms with E-state index in [0.29, 0.717) is 0 Å². The van der Waals surface area contributed by atoms with E-state index < -0.39 is 0 Å². The zero-order valence-corrected chi connectivity index (χ0v) is 41.5. The minimum atomic E-state index is 0.907. The fraction of sp³-hybridized carbons (Fsp3) is 0. The normalized spacial score (nSPS) is 11.4. The highest BCUT2D eigenvalue weighted by atomic mass is 16.3. The summed E-state index contributed by atoms with van der Waals surface area (Å²) in [5.74, 6) is 0. The van der Waals surface area contributed by atoms with Crippen LogP contribution in [0.1, 0.15) is 0 Å². The number of benzene rings is 12. The second kappa shape index (κ2) is 19.0. The number of anilines is 6. The summed E-state index contributed by atoms with van der Waals surface area (Å²) in [4.78, 5) is 4.65. The van der Waals surface area contributed by atoms with Gasteiger partial charge < -0.3 is 18.8 Å². The highest BCUT2D eigenvalue weighted by molar-refractivity contribution is 6.11. The van der Waals surface area contributed by atoms with E-state index in [1.54, 1.807) is 0 Å². The Labute approximate surface area is 441 Å². The van der Waals surface area contributed by atoms with Crippen LogP contribution >= 0.6 is 0 Å². The van der Waals surface area contributed by atoms with Crippen LogP contribution in [0.2, 0.25) is 0 Å². The Morgan fingerprint density at radius 3 is 1.17 bits per heavy atom. The van der Waals surface area contributed by atoms with Crippen molar-refractivity contribution < 1.29 is 4.42 Å². The lowest BCUT2D eigenvalue weighted by Gasteiger charge is -2.26. The molecule has 358 valence electrons. The van der Waals surface area contributed by atoms with E-state index in [2.05, 4.69) is 299 Å². The molecule has 0 aliphatic heterocycles. The molecule has 0 bridgehead atoms. The van der Waals surface area contributed by atoms with E-state index in [-0.39, 0.29) is 0 Å². The van der Waals surface area contributed by atoms with Gasteiger partial charge in [-0.1, -0.05) is 188 Å². The lowest BCUT2D eigenvalue weighted by molar-refractivity contribution is 0.670. The van der Waals surface area contributed by atoms with Gasteiger partial charge in [-0.25, -0.2) is 0 Å². The Balaban J connectivity index is 0.795. The first kappa shape index (κ1) is 44.5. The molecule has 0 unspecified atom stereocenters. The average molecular weight is 972 g/mol. The molecule has 0 atom stereocenters. The predicted molar refractivity (Wildman–Crippen MR) is 319 cm³/mol. The molecule has 14 rings (SSSR count). The third-order valence-electron chi connectivity index (χ3n) is 14.8.